The lowest BCUT2D eigenvalue weighted by atomic mass is 10.1. The Morgan fingerprint density at radius 2 is 1.93 bits per heavy atom. The van der Waals surface area contributed by atoms with Crippen molar-refractivity contribution in [1.29, 1.82) is 0 Å². The average molecular weight is 365 g/mol. The molecule has 3 aromatic rings. The Labute approximate surface area is 157 Å². The fourth-order valence-corrected chi connectivity index (χ4v) is 3.40. The third-order valence-corrected chi connectivity index (χ3v) is 4.89. The molecule has 7 heteroatoms. The molecule has 3 aromatic heterocycles. The Kier molecular flexibility index (Phi) is 4.91. The predicted octanol–water partition coefficient (Wildman–Crippen LogP) is 2.48. The molecule has 1 aliphatic rings. The van der Waals surface area contributed by atoms with Gasteiger partial charge in [-0.25, -0.2) is 4.68 Å². The van der Waals surface area contributed by atoms with Crippen LogP contribution in [0.3, 0.4) is 0 Å². The highest BCUT2D eigenvalue weighted by molar-refractivity contribution is 5.45. The summed E-state index contributed by atoms with van der Waals surface area (Å²) < 4.78 is 8.64. The first-order chi connectivity index (χ1) is 13.2. The van der Waals surface area contributed by atoms with Gasteiger partial charge in [0, 0.05) is 48.9 Å². The second kappa shape index (κ2) is 7.65. The van der Waals surface area contributed by atoms with Crippen molar-refractivity contribution in [3.05, 3.63) is 65.1 Å². The molecule has 0 radical (unpaired) electrons. The van der Waals surface area contributed by atoms with Crippen LogP contribution in [0.1, 0.15) is 24.8 Å². The lowest BCUT2D eigenvalue weighted by Crippen LogP contribution is -2.31. The first kappa shape index (κ1) is 17.3. The minimum atomic E-state index is 0.00821. The Morgan fingerprint density at radius 1 is 1.07 bits per heavy atom. The maximum absolute atomic E-state index is 12.5. The molecular formula is C20H23N5O2. The summed E-state index contributed by atoms with van der Waals surface area (Å²) in [5.74, 6) is 0.675. The lowest BCUT2D eigenvalue weighted by molar-refractivity contribution is 0.412. The Balaban J connectivity index is 1.51. The third-order valence-electron chi connectivity index (χ3n) is 4.89. The number of anilines is 1. The number of aromatic nitrogens is 4. The Bertz CT molecular complexity index is 972. The van der Waals surface area contributed by atoms with Crippen molar-refractivity contribution in [3.63, 3.8) is 0 Å². The standard InChI is InChI=1S/C20H23N5O2/c1-27-19-9-18(12-21-13-19)25-15-16(11-22-25)14-24-8-5-17(10-20(24)26)23-6-3-2-4-7-23/h5,8-13,15H,2-4,6-7,14H2,1H3. The first-order valence-corrected chi connectivity index (χ1v) is 9.21. The SMILES string of the molecule is COc1cncc(-n2cc(Cn3ccc(N4CCCCC4)cc3=O)cn2)c1. The fourth-order valence-electron chi connectivity index (χ4n) is 3.40. The average Bonchev–Trinajstić information content (AvgIpc) is 3.19. The number of piperidine rings is 1. The van der Waals surface area contributed by atoms with E-state index in [2.05, 4.69) is 15.0 Å². The van der Waals surface area contributed by atoms with Crippen molar-refractivity contribution < 1.29 is 4.74 Å². The smallest absolute Gasteiger partial charge is 0.252 e. The zero-order valence-corrected chi connectivity index (χ0v) is 15.4. The zero-order chi connectivity index (χ0) is 18.6. The maximum atomic E-state index is 12.5. The zero-order valence-electron chi connectivity index (χ0n) is 15.4. The number of methoxy groups -OCH3 is 1. The van der Waals surface area contributed by atoms with E-state index in [0.717, 1.165) is 30.0 Å². The largest absolute Gasteiger partial charge is 0.495 e. The van der Waals surface area contributed by atoms with Crippen LogP contribution in [-0.4, -0.2) is 39.5 Å². The van der Waals surface area contributed by atoms with E-state index in [-0.39, 0.29) is 5.56 Å². The summed E-state index contributed by atoms with van der Waals surface area (Å²) in [6, 6.07) is 5.63. The third kappa shape index (κ3) is 3.86. The molecule has 4 rings (SSSR count). The van der Waals surface area contributed by atoms with Crippen LogP contribution in [0.25, 0.3) is 5.69 Å². The van der Waals surface area contributed by atoms with Gasteiger partial charge in [-0.3, -0.25) is 9.78 Å². The summed E-state index contributed by atoms with van der Waals surface area (Å²) in [6.07, 6.45) is 12.6. The molecule has 0 saturated carbocycles. The van der Waals surface area contributed by atoms with Crippen molar-refractivity contribution in [2.24, 2.45) is 0 Å². The van der Waals surface area contributed by atoms with Crippen LogP contribution in [0, 0.1) is 0 Å². The second-order valence-electron chi connectivity index (χ2n) is 6.77. The minimum absolute atomic E-state index is 0.00821. The van der Waals surface area contributed by atoms with Crippen molar-refractivity contribution in [2.45, 2.75) is 25.8 Å². The molecule has 1 fully saturated rings. The van der Waals surface area contributed by atoms with Gasteiger partial charge in [-0.1, -0.05) is 0 Å². The maximum Gasteiger partial charge on any atom is 0.252 e. The fraction of sp³-hybridized carbons (Fsp3) is 0.350. The molecule has 27 heavy (non-hydrogen) atoms. The topological polar surface area (TPSA) is 65.2 Å². The summed E-state index contributed by atoms with van der Waals surface area (Å²) in [6.45, 7) is 2.55. The second-order valence-corrected chi connectivity index (χ2v) is 6.77. The van der Waals surface area contributed by atoms with Crippen LogP contribution in [-0.2, 0) is 6.54 Å². The van der Waals surface area contributed by atoms with Crippen LogP contribution in [0.4, 0.5) is 5.69 Å². The van der Waals surface area contributed by atoms with E-state index in [1.54, 1.807) is 41.0 Å². The summed E-state index contributed by atoms with van der Waals surface area (Å²) in [5.41, 5.74) is 2.79. The van der Waals surface area contributed by atoms with E-state index in [9.17, 15) is 4.79 Å². The predicted molar refractivity (Wildman–Crippen MR) is 104 cm³/mol. The van der Waals surface area contributed by atoms with Gasteiger partial charge in [-0.15, -0.1) is 0 Å². The molecule has 0 aliphatic carbocycles. The summed E-state index contributed by atoms with van der Waals surface area (Å²) in [7, 11) is 1.61. The molecule has 0 aromatic carbocycles. The van der Waals surface area contributed by atoms with E-state index in [4.69, 9.17) is 4.74 Å². The van der Waals surface area contributed by atoms with Gasteiger partial charge in [-0.05, 0) is 25.3 Å². The molecule has 0 amide bonds. The molecule has 7 nitrogen and oxygen atoms in total. The van der Waals surface area contributed by atoms with Gasteiger partial charge in [0.05, 0.1) is 37.9 Å². The number of nitrogens with zero attached hydrogens (tertiary/aromatic N) is 5. The van der Waals surface area contributed by atoms with Crippen molar-refractivity contribution in [1.82, 2.24) is 19.3 Å². The molecule has 4 heterocycles. The molecule has 1 saturated heterocycles. The van der Waals surface area contributed by atoms with Crippen molar-refractivity contribution in [2.75, 3.05) is 25.1 Å². The first-order valence-electron chi connectivity index (χ1n) is 9.21. The lowest BCUT2D eigenvalue weighted by Gasteiger charge is -2.28. The number of rotatable bonds is 5. The van der Waals surface area contributed by atoms with Gasteiger partial charge >= 0.3 is 0 Å². The van der Waals surface area contributed by atoms with Crippen LogP contribution >= 0.6 is 0 Å². The van der Waals surface area contributed by atoms with Crippen LogP contribution in [0.2, 0.25) is 0 Å². The number of pyridine rings is 2. The molecule has 0 bridgehead atoms. The Hall–Kier alpha value is -3.09. The molecule has 1 aliphatic heterocycles. The van der Waals surface area contributed by atoms with Gasteiger partial charge < -0.3 is 14.2 Å². The number of hydrogen-bond donors (Lipinski definition) is 0. The van der Waals surface area contributed by atoms with Crippen LogP contribution < -0.4 is 15.2 Å². The van der Waals surface area contributed by atoms with Gasteiger partial charge in [0.15, 0.2) is 0 Å². The van der Waals surface area contributed by atoms with Gasteiger partial charge in [0.2, 0.25) is 0 Å². The van der Waals surface area contributed by atoms with E-state index >= 15 is 0 Å². The summed E-state index contributed by atoms with van der Waals surface area (Å²) in [5, 5.41) is 4.38. The van der Waals surface area contributed by atoms with Crippen LogP contribution in [0.5, 0.6) is 5.75 Å². The van der Waals surface area contributed by atoms with E-state index in [0.29, 0.717) is 12.3 Å². The number of hydrogen-bond acceptors (Lipinski definition) is 5. The van der Waals surface area contributed by atoms with E-state index in [1.165, 1.54) is 19.3 Å². The molecular weight excluding hydrogens is 342 g/mol. The quantitative estimate of drug-likeness (QED) is 0.695. The van der Waals surface area contributed by atoms with Crippen LogP contribution in [0.15, 0.2) is 54.0 Å². The highest BCUT2D eigenvalue weighted by atomic mass is 16.5. The summed E-state index contributed by atoms with van der Waals surface area (Å²) >= 11 is 0. The molecule has 0 unspecified atom stereocenters. The molecule has 0 spiro atoms. The van der Waals surface area contributed by atoms with Gasteiger partial charge in [0.1, 0.15) is 5.75 Å². The highest BCUT2D eigenvalue weighted by Crippen LogP contribution is 2.18. The number of ether oxygens (including phenoxy) is 1. The monoisotopic (exact) mass is 365 g/mol. The molecule has 0 atom stereocenters. The van der Waals surface area contributed by atoms with Crippen molar-refractivity contribution >= 4 is 5.69 Å². The van der Waals surface area contributed by atoms with E-state index < -0.39 is 0 Å². The normalized spacial score (nSPS) is 14.3. The minimum Gasteiger partial charge on any atom is -0.495 e. The van der Waals surface area contributed by atoms with Crippen molar-refractivity contribution in [3.8, 4) is 11.4 Å². The Morgan fingerprint density at radius 3 is 2.70 bits per heavy atom. The molecule has 140 valence electrons. The summed E-state index contributed by atoms with van der Waals surface area (Å²) in [4.78, 5) is 19.0. The molecule has 0 N–H and O–H groups in total. The highest BCUT2D eigenvalue weighted by Gasteiger charge is 2.12. The van der Waals surface area contributed by atoms with E-state index in [1.807, 2.05) is 24.5 Å². The van der Waals surface area contributed by atoms with Gasteiger partial charge in [-0.2, -0.15) is 5.10 Å². The van der Waals surface area contributed by atoms with Gasteiger partial charge in [0.25, 0.3) is 5.56 Å².